The summed E-state index contributed by atoms with van der Waals surface area (Å²) < 4.78 is 52.8. The second-order valence-corrected chi connectivity index (χ2v) is 11.0. The Morgan fingerprint density at radius 1 is 1.03 bits per heavy atom. The van der Waals surface area contributed by atoms with E-state index in [0.717, 1.165) is 25.7 Å². The summed E-state index contributed by atoms with van der Waals surface area (Å²) in [5.74, 6) is -0.593. The van der Waals surface area contributed by atoms with Crippen LogP contribution in [-0.4, -0.2) is 29.9 Å². The van der Waals surface area contributed by atoms with Gasteiger partial charge in [-0.15, -0.1) is 0 Å². The fraction of sp³-hybridized carbons (Fsp3) is 0.696. The molecule has 1 N–H and O–H groups in total. The first-order valence-electron chi connectivity index (χ1n) is 11.0. The largest absolute Gasteiger partial charge is 0.436 e. The maximum atomic E-state index is 11.9. The lowest BCUT2D eigenvalue weighted by Crippen LogP contribution is -2.39. The Bertz CT molecular complexity index is 795. The number of allylic oxidation sites excluding steroid dienone is 6. The van der Waals surface area contributed by atoms with Gasteiger partial charge < -0.3 is 9.47 Å². The standard InChI is InChI=1S/C23H39O7PS/c1-7-22(24)29-21(6)30-23(31-25,32(26,27)28)17-9-8-13-19(4)15-11-16-20(5)14-10-12-18(2)3/h12-13,16,21H,7-11,14-15,17H2,1-6H3,(H,26,27,28). The Balaban J connectivity index is 4.77. The van der Waals surface area contributed by atoms with E-state index in [-0.39, 0.29) is 12.8 Å². The van der Waals surface area contributed by atoms with Crippen LogP contribution in [0.2, 0.25) is 0 Å². The third-order valence-corrected chi connectivity index (χ3v) is 7.42. The minimum Gasteiger partial charge on any atom is -0.436 e. The van der Waals surface area contributed by atoms with E-state index in [1.165, 1.54) is 23.6 Å². The summed E-state index contributed by atoms with van der Waals surface area (Å²) in [4.78, 5) is 11.4. The van der Waals surface area contributed by atoms with Crippen molar-refractivity contribution >= 4 is 24.5 Å². The molecule has 0 spiro atoms. The maximum Gasteiger partial charge on any atom is 0.307 e. The van der Waals surface area contributed by atoms with Gasteiger partial charge in [0.05, 0.1) is 0 Å². The molecule has 184 valence electrons. The highest BCUT2D eigenvalue weighted by molar-refractivity contribution is 7.91. The smallest absolute Gasteiger partial charge is 0.307 e. The molecule has 0 aromatic rings. The van der Waals surface area contributed by atoms with Gasteiger partial charge in [-0.05, 0) is 73.1 Å². The Hall–Kier alpha value is -1.34. The zero-order chi connectivity index (χ0) is 24.8. The molecule has 0 bridgehead atoms. The van der Waals surface area contributed by atoms with Crippen molar-refractivity contribution in [1.82, 2.24) is 0 Å². The lowest BCUT2D eigenvalue weighted by atomic mass is 10.1. The van der Waals surface area contributed by atoms with Gasteiger partial charge in [-0.3, -0.25) is 13.9 Å². The number of hydrogen-bond donors (Lipinski definition) is 1. The molecular formula is C23H39O7PS. The number of carbonyl (C=O) groups excluding carboxylic acids is 1. The van der Waals surface area contributed by atoms with Crippen molar-refractivity contribution in [2.75, 3.05) is 0 Å². The van der Waals surface area contributed by atoms with E-state index < -0.39 is 35.5 Å². The lowest BCUT2D eigenvalue weighted by Gasteiger charge is -2.27. The van der Waals surface area contributed by atoms with E-state index in [1.807, 2.05) is 13.0 Å². The van der Waals surface area contributed by atoms with Gasteiger partial charge in [0.25, 0.3) is 4.67 Å². The normalized spacial score (nSPS) is 15.8. The summed E-state index contributed by atoms with van der Waals surface area (Å²) in [5, 5.41) is 0. The van der Waals surface area contributed by atoms with Crippen molar-refractivity contribution < 1.29 is 31.8 Å². The number of carbonyl (C=O) groups is 1. The predicted octanol–water partition coefficient (Wildman–Crippen LogP) is 6.73. The zero-order valence-electron chi connectivity index (χ0n) is 20.2. The average Bonchev–Trinajstić information content (AvgIpc) is 2.68. The van der Waals surface area contributed by atoms with Crippen LogP contribution >= 0.6 is 8.46 Å². The summed E-state index contributed by atoms with van der Waals surface area (Å²) in [6.07, 6.45) is 9.85. The predicted molar refractivity (Wildman–Crippen MR) is 128 cm³/mol. The molecule has 0 fully saturated rings. The van der Waals surface area contributed by atoms with Crippen LogP contribution in [0.4, 0.5) is 0 Å². The second kappa shape index (κ2) is 15.5. The first kappa shape index (κ1) is 30.7. The summed E-state index contributed by atoms with van der Waals surface area (Å²) >= 11 is 0. The van der Waals surface area contributed by atoms with Crippen LogP contribution in [0.15, 0.2) is 34.9 Å². The summed E-state index contributed by atoms with van der Waals surface area (Å²) in [7, 11) is -5.74. The third-order valence-electron chi connectivity index (χ3n) is 4.79. The molecule has 0 saturated heterocycles. The quantitative estimate of drug-likeness (QED) is 0.0638. The number of esters is 1. The molecule has 0 rings (SSSR count). The molecule has 0 aliphatic rings. The van der Waals surface area contributed by atoms with Gasteiger partial charge in [-0.1, -0.05) is 41.9 Å². The molecule has 2 atom stereocenters. The molecule has 0 aliphatic heterocycles. The van der Waals surface area contributed by atoms with Crippen molar-refractivity contribution in [2.45, 2.75) is 104 Å². The fourth-order valence-electron chi connectivity index (χ4n) is 2.93. The molecule has 2 unspecified atom stereocenters. The van der Waals surface area contributed by atoms with Crippen LogP contribution < -0.4 is 0 Å². The third kappa shape index (κ3) is 12.6. The molecule has 0 aromatic carbocycles. The van der Waals surface area contributed by atoms with E-state index >= 15 is 0 Å². The Kier molecular flexibility index (Phi) is 14.8. The zero-order valence-corrected chi connectivity index (χ0v) is 21.9. The molecule has 0 radical (unpaired) electrons. The number of rotatable bonds is 16. The maximum absolute atomic E-state index is 11.9. The highest BCUT2D eigenvalue weighted by Gasteiger charge is 2.47. The van der Waals surface area contributed by atoms with E-state index in [9.17, 15) is 22.3 Å². The molecule has 0 heterocycles. The highest BCUT2D eigenvalue weighted by atomic mass is 32.2. The topological polar surface area (TPSA) is 107 Å². The van der Waals surface area contributed by atoms with Gasteiger partial charge >= 0.3 is 16.1 Å². The lowest BCUT2D eigenvalue weighted by molar-refractivity contribution is -0.182. The molecule has 9 heteroatoms. The Morgan fingerprint density at radius 2 is 1.56 bits per heavy atom. The van der Waals surface area contributed by atoms with Crippen molar-refractivity contribution in [3.05, 3.63) is 34.9 Å². The minimum atomic E-state index is -4.82. The fourth-order valence-corrected chi connectivity index (χ4v) is 4.40. The van der Waals surface area contributed by atoms with E-state index in [1.54, 1.807) is 6.92 Å². The molecular weight excluding hydrogens is 451 g/mol. The van der Waals surface area contributed by atoms with Crippen LogP contribution in [0, 0.1) is 0 Å². The SMILES string of the molecule is CCC(=O)OC(C)OC(CCCC=C(C)CCC=C(C)CCC=C(C)C)(P=O)S(=O)(=O)O. The monoisotopic (exact) mass is 490 g/mol. The van der Waals surface area contributed by atoms with E-state index in [2.05, 4.69) is 32.9 Å². The summed E-state index contributed by atoms with van der Waals surface area (Å²) in [6, 6.07) is 0. The van der Waals surface area contributed by atoms with Crippen molar-refractivity contribution in [1.29, 1.82) is 0 Å². The summed E-state index contributed by atoms with van der Waals surface area (Å²) in [6.45, 7) is 11.2. The molecule has 7 nitrogen and oxygen atoms in total. The van der Waals surface area contributed by atoms with Crippen LogP contribution in [0.5, 0.6) is 0 Å². The molecule has 32 heavy (non-hydrogen) atoms. The van der Waals surface area contributed by atoms with Crippen LogP contribution in [0.1, 0.15) is 92.9 Å². The van der Waals surface area contributed by atoms with E-state index in [0.29, 0.717) is 12.8 Å². The van der Waals surface area contributed by atoms with Crippen molar-refractivity contribution in [2.24, 2.45) is 0 Å². The average molecular weight is 491 g/mol. The summed E-state index contributed by atoms with van der Waals surface area (Å²) in [5.41, 5.74) is 3.85. The van der Waals surface area contributed by atoms with Gasteiger partial charge in [-0.25, -0.2) is 0 Å². The highest BCUT2D eigenvalue weighted by Crippen LogP contribution is 2.37. The number of hydrogen-bond acceptors (Lipinski definition) is 6. The second-order valence-electron chi connectivity index (χ2n) is 8.16. The van der Waals surface area contributed by atoms with E-state index in [4.69, 9.17) is 9.47 Å². The molecule has 0 aromatic heterocycles. The number of unbranched alkanes of at least 4 members (excludes halogenated alkanes) is 1. The Morgan fingerprint density at radius 3 is 2.03 bits per heavy atom. The first-order chi connectivity index (χ1) is 14.9. The first-order valence-corrected chi connectivity index (χ1v) is 13.3. The van der Waals surface area contributed by atoms with Gasteiger partial charge in [0.1, 0.15) is 0 Å². The van der Waals surface area contributed by atoms with Gasteiger partial charge in [0.2, 0.25) is 14.8 Å². The minimum absolute atomic E-state index is 0.0793. The van der Waals surface area contributed by atoms with Crippen LogP contribution in [0.3, 0.4) is 0 Å². The van der Waals surface area contributed by atoms with Gasteiger partial charge in [0.15, 0.2) is 0 Å². The molecule has 0 aliphatic carbocycles. The van der Waals surface area contributed by atoms with Crippen LogP contribution in [-0.2, 0) is 29.0 Å². The molecule has 0 amide bonds. The Labute approximate surface area is 195 Å². The van der Waals surface area contributed by atoms with Gasteiger partial charge in [0, 0.05) is 12.8 Å². The molecule has 0 saturated carbocycles. The van der Waals surface area contributed by atoms with Crippen LogP contribution in [0.25, 0.3) is 0 Å². The van der Waals surface area contributed by atoms with Crippen molar-refractivity contribution in [3.63, 3.8) is 0 Å². The van der Waals surface area contributed by atoms with Crippen molar-refractivity contribution in [3.8, 4) is 0 Å². The van der Waals surface area contributed by atoms with Gasteiger partial charge in [-0.2, -0.15) is 8.42 Å². The number of ether oxygens (including phenoxy) is 2.